The van der Waals surface area contributed by atoms with Crippen molar-refractivity contribution in [2.75, 3.05) is 13.7 Å². The van der Waals surface area contributed by atoms with Crippen LogP contribution in [0.15, 0.2) is 48.5 Å². The molecule has 2 N–H and O–H groups in total. The van der Waals surface area contributed by atoms with Crippen LogP contribution < -0.4 is 10.1 Å². The van der Waals surface area contributed by atoms with Crippen molar-refractivity contribution in [2.24, 2.45) is 0 Å². The van der Waals surface area contributed by atoms with Crippen LogP contribution in [0, 0.1) is 6.92 Å². The van der Waals surface area contributed by atoms with Gasteiger partial charge in [0.15, 0.2) is 0 Å². The third-order valence-electron chi connectivity index (χ3n) is 3.69. The average Bonchev–Trinajstić information content (AvgIpc) is 2.53. The van der Waals surface area contributed by atoms with E-state index in [0.29, 0.717) is 0 Å². The third-order valence-corrected chi connectivity index (χ3v) is 3.69. The van der Waals surface area contributed by atoms with E-state index in [4.69, 9.17) is 4.74 Å². The van der Waals surface area contributed by atoms with E-state index in [1.165, 1.54) is 5.56 Å². The first-order valence-electron chi connectivity index (χ1n) is 7.22. The highest BCUT2D eigenvalue weighted by molar-refractivity contribution is 5.39. The standard InChI is InChI=1S/C18H23NO2/c1-13-9-10-16(18(11-13)21-3)14(2)19-17(12-20)15-7-5-4-6-8-15/h4-11,14,17,19-20H,12H2,1-3H3/t14?,17-/m0/s1. The maximum atomic E-state index is 9.65. The minimum absolute atomic E-state index is 0.0581. The molecule has 0 saturated heterocycles. The second-order valence-electron chi connectivity index (χ2n) is 5.28. The first-order chi connectivity index (χ1) is 10.2. The molecule has 2 rings (SSSR count). The molecule has 0 heterocycles. The highest BCUT2D eigenvalue weighted by atomic mass is 16.5. The molecule has 3 nitrogen and oxygen atoms in total. The summed E-state index contributed by atoms with van der Waals surface area (Å²) >= 11 is 0. The largest absolute Gasteiger partial charge is 0.496 e. The molecule has 0 radical (unpaired) electrons. The first kappa shape index (κ1) is 15.5. The van der Waals surface area contributed by atoms with Crippen LogP contribution in [0.4, 0.5) is 0 Å². The summed E-state index contributed by atoms with van der Waals surface area (Å²) in [7, 11) is 1.69. The van der Waals surface area contributed by atoms with Gasteiger partial charge in [-0.1, -0.05) is 42.5 Å². The van der Waals surface area contributed by atoms with Gasteiger partial charge in [-0.3, -0.25) is 0 Å². The van der Waals surface area contributed by atoms with Gasteiger partial charge >= 0.3 is 0 Å². The van der Waals surface area contributed by atoms with Crippen LogP contribution in [0.2, 0.25) is 0 Å². The van der Waals surface area contributed by atoms with Crippen molar-refractivity contribution in [3.05, 3.63) is 65.2 Å². The number of benzene rings is 2. The molecule has 2 atom stereocenters. The molecule has 2 aromatic rings. The molecule has 0 aromatic heterocycles. The summed E-state index contributed by atoms with van der Waals surface area (Å²) < 4.78 is 5.47. The molecule has 1 unspecified atom stereocenters. The Kier molecular flexibility index (Phi) is 5.37. The molecule has 0 fully saturated rings. The number of ether oxygens (including phenoxy) is 1. The Balaban J connectivity index is 2.18. The lowest BCUT2D eigenvalue weighted by atomic mass is 10.0. The number of rotatable bonds is 6. The molecule has 0 spiro atoms. The van der Waals surface area contributed by atoms with E-state index in [9.17, 15) is 5.11 Å². The normalized spacial score (nSPS) is 13.7. The molecule has 21 heavy (non-hydrogen) atoms. The van der Waals surface area contributed by atoms with Gasteiger partial charge in [0.2, 0.25) is 0 Å². The van der Waals surface area contributed by atoms with Gasteiger partial charge in [0, 0.05) is 11.6 Å². The van der Waals surface area contributed by atoms with Gasteiger partial charge in [0.25, 0.3) is 0 Å². The second-order valence-corrected chi connectivity index (χ2v) is 5.28. The van der Waals surface area contributed by atoms with Crippen molar-refractivity contribution in [1.29, 1.82) is 0 Å². The van der Waals surface area contributed by atoms with Crippen LogP contribution in [0.3, 0.4) is 0 Å². The number of nitrogens with one attached hydrogen (secondary N) is 1. The fraction of sp³-hybridized carbons (Fsp3) is 0.333. The molecule has 0 saturated carbocycles. The van der Waals surface area contributed by atoms with Crippen molar-refractivity contribution in [3.8, 4) is 5.75 Å². The number of hydrogen-bond acceptors (Lipinski definition) is 3. The number of aryl methyl sites for hydroxylation is 1. The Labute approximate surface area is 126 Å². The Morgan fingerprint density at radius 3 is 2.48 bits per heavy atom. The van der Waals surface area contributed by atoms with Gasteiger partial charge in [0.1, 0.15) is 5.75 Å². The second kappa shape index (κ2) is 7.25. The number of methoxy groups -OCH3 is 1. The Morgan fingerprint density at radius 2 is 1.86 bits per heavy atom. The average molecular weight is 285 g/mol. The number of aliphatic hydroxyl groups excluding tert-OH is 1. The monoisotopic (exact) mass is 285 g/mol. The van der Waals surface area contributed by atoms with Gasteiger partial charge < -0.3 is 15.2 Å². The predicted octanol–water partition coefficient (Wildman–Crippen LogP) is 3.39. The molecule has 0 amide bonds. The van der Waals surface area contributed by atoms with Gasteiger partial charge in [-0.2, -0.15) is 0 Å². The topological polar surface area (TPSA) is 41.5 Å². The smallest absolute Gasteiger partial charge is 0.123 e. The molecule has 3 heteroatoms. The molecular formula is C18H23NO2. The zero-order chi connectivity index (χ0) is 15.2. The lowest BCUT2D eigenvalue weighted by Crippen LogP contribution is -2.27. The number of hydrogen-bond donors (Lipinski definition) is 2. The quantitative estimate of drug-likeness (QED) is 0.855. The molecule has 0 aliphatic carbocycles. The van der Waals surface area contributed by atoms with E-state index >= 15 is 0 Å². The zero-order valence-corrected chi connectivity index (χ0v) is 12.8. The summed E-state index contributed by atoms with van der Waals surface area (Å²) in [6, 6.07) is 16.2. The zero-order valence-electron chi connectivity index (χ0n) is 12.8. The third kappa shape index (κ3) is 3.84. The van der Waals surface area contributed by atoms with Gasteiger partial charge in [-0.15, -0.1) is 0 Å². The van der Waals surface area contributed by atoms with Crippen LogP contribution >= 0.6 is 0 Å². The maximum Gasteiger partial charge on any atom is 0.123 e. The van der Waals surface area contributed by atoms with Crippen molar-refractivity contribution in [3.63, 3.8) is 0 Å². The molecule has 112 valence electrons. The minimum Gasteiger partial charge on any atom is -0.496 e. The van der Waals surface area contributed by atoms with E-state index in [1.807, 2.05) is 43.3 Å². The summed E-state index contributed by atoms with van der Waals surface area (Å²) in [5, 5.41) is 13.1. The van der Waals surface area contributed by atoms with Crippen molar-refractivity contribution >= 4 is 0 Å². The lowest BCUT2D eigenvalue weighted by Gasteiger charge is -2.24. The predicted molar refractivity (Wildman–Crippen MR) is 85.6 cm³/mol. The highest BCUT2D eigenvalue weighted by Crippen LogP contribution is 2.28. The Morgan fingerprint density at radius 1 is 1.14 bits per heavy atom. The Hall–Kier alpha value is -1.84. The highest BCUT2D eigenvalue weighted by Gasteiger charge is 2.17. The van der Waals surface area contributed by atoms with Crippen molar-refractivity contribution < 1.29 is 9.84 Å². The molecule has 0 aliphatic heterocycles. The van der Waals surface area contributed by atoms with Gasteiger partial charge in [-0.05, 0) is 31.0 Å². The summed E-state index contributed by atoms with van der Waals surface area (Å²) in [4.78, 5) is 0. The molecule has 2 aromatic carbocycles. The van der Waals surface area contributed by atoms with E-state index in [0.717, 1.165) is 16.9 Å². The molecular weight excluding hydrogens is 262 g/mol. The van der Waals surface area contributed by atoms with E-state index < -0.39 is 0 Å². The van der Waals surface area contributed by atoms with E-state index in [2.05, 4.69) is 24.4 Å². The summed E-state index contributed by atoms with van der Waals surface area (Å²) in [6.45, 7) is 4.19. The SMILES string of the molecule is COc1cc(C)ccc1C(C)N[C@@H](CO)c1ccccc1. The molecule has 0 bridgehead atoms. The van der Waals surface area contributed by atoms with Gasteiger partial charge in [0.05, 0.1) is 19.8 Å². The first-order valence-corrected chi connectivity index (χ1v) is 7.22. The van der Waals surface area contributed by atoms with Crippen molar-refractivity contribution in [1.82, 2.24) is 5.32 Å². The summed E-state index contributed by atoms with van der Waals surface area (Å²) in [5.74, 6) is 0.875. The van der Waals surface area contributed by atoms with Crippen LogP contribution in [-0.2, 0) is 0 Å². The fourth-order valence-electron chi connectivity index (χ4n) is 2.51. The minimum atomic E-state index is -0.0905. The number of aliphatic hydroxyl groups is 1. The fourth-order valence-corrected chi connectivity index (χ4v) is 2.51. The van der Waals surface area contributed by atoms with Crippen molar-refractivity contribution in [2.45, 2.75) is 25.9 Å². The van der Waals surface area contributed by atoms with Gasteiger partial charge in [-0.25, -0.2) is 0 Å². The van der Waals surface area contributed by atoms with Crippen LogP contribution in [0.1, 0.15) is 35.7 Å². The lowest BCUT2D eigenvalue weighted by molar-refractivity contribution is 0.234. The van der Waals surface area contributed by atoms with Crippen LogP contribution in [-0.4, -0.2) is 18.8 Å². The van der Waals surface area contributed by atoms with Crippen LogP contribution in [0.5, 0.6) is 5.75 Å². The van der Waals surface area contributed by atoms with Crippen LogP contribution in [0.25, 0.3) is 0 Å². The Bertz CT molecular complexity index is 569. The van der Waals surface area contributed by atoms with E-state index in [1.54, 1.807) is 7.11 Å². The van der Waals surface area contributed by atoms with E-state index in [-0.39, 0.29) is 18.7 Å². The summed E-state index contributed by atoms with van der Waals surface area (Å²) in [6.07, 6.45) is 0. The molecule has 0 aliphatic rings. The summed E-state index contributed by atoms with van der Waals surface area (Å²) in [5.41, 5.74) is 3.35. The maximum absolute atomic E-state index is 9.65.